The Morgan fingerprint density at radius 3 is 2.67 bits per heavy atom. The molecule has 1 aliphatic carbocycles. The smallest absolute Gasteiger partial charge is 0.0343 e. The van der Waals surface area contributed by atoms with Crippen LogP contribution in [0.4, 0.5) is 0 Å². The molecule has 0 bridgehead atoms. The Bertz CT molecular complexity index is 350. The Hall–Kier alpha value is -1.11. The Labute approximate surface area is 73.1 Å². The normalized spacial score (nSPS) is 20.6. The van der Waals surface area contributed by atoms with E-state index in [2.05, 4.69) is 31.8 Å². The third kappa shape index (κ3) is 0.893. The van der Waals surface area contributed by atoms with Gasteiger partial charge < -0.3 is 0 Å². The SMILES string of the molecule is CC1=Cc2cncc(C)c2C1C. The van der Waals surface area contributed by atoms with E-state index in [0.717, 1.165) is 0 Å². The van der Waals surface area contributed by atoms with Crippen molar-refractivity contribution in [3.63, 3.8) is 0 Å². The highest BCUT2D eigenvalue weighted by Gasteiger charge is 2.19. The second kappa shape index (κ2) is 2.44. The number of pyridine rings is 1. The third-order valence-electron chi connectivity index (χ3n) is 2.72. The van der Waals surface area contributed by atoms with Crippen molar-refractivity contribution in [3.8, 4) is 0 Å². The number of fused-ring (bicyclic) bond motifs is 1. The van der Waals surface area contributed by atoms with E-state index in [1.807, 2.05) is 12.4 Å². The number of aromatic nitrogens is 1. The number of aryl methyl sites for hydroxylation is 1. The highest BCUT2D eigenvalue weighted by atomic mass is 14.6. The van der Waals surface area contributed by atoms with Crippen LogP contribution >= 0.6 is 0 Å². The second-order valence-electron chi connectivity index (χ2n) is 3.57. The fourth-order valence-corrected chi connectivity index (χ4v) is 1.90. The van der Waals surface area contributed by atoms with Crippen molar-refractivity contribution in [1.82, 2.24) is 4.98 Å². The zero-order valence-corrected chi connectivity index (χ0v) is 7.76. The van der Waals surface area contributed by atoms with Gasteiger partial charge in [-0.25, -0.2) is 0 Å². The zero-order chi connectivity index (χ0) is 8.72. The number of nitrogens with zero attached hydrogens (tertiary/aromatic N) is 1. The molecule has 0 saturated carbocycles. The Kier molecular flexibility index (Phi) is 1.53. The van der Waals surface area contributed by atoms with Crippen LogP contribution < -0.4 is 0 Å². The molecule has 1 aromatic rings. The molecular formula is C11H13N. The minimum atomic E-state index is 0.586. The van der Waals surface area contributed by atoms with Gasteiger partial charge in [0.2, 0.25) is 0 Å². The Morgan fingerprint density at radius 2 is 2.00 bits per heavy atom. The second-order valence-corrected chi connectivity index (χ2v) is 3.57. The molecule has 1 nitrogen and oxygen atoms in total. The van der Waals surface area contributed by atoms with Crippen LogP contribution in [-0.2, 0) is 0 Å². The fraction of sp³-hybridized carbons (Fsp3) is 0.364. The molecule has 0 saturated heterocycles. The molecule has 1 aliphatic rings. The van der Waals surface area contributed by atoms with Gasteiger partial charge in [-0.15, -0.1) is 0 Å². The summed E-state index contributed by atoms with van der Waals surface area (Å²) in [5.41, 5.74) is 5.52. The summed E-state index contributed by atoms with van der Waals surface area (Å²) in [6.07, 6.45) is 6.14. The van der Waals surface area contributed by atoms with E-state index in [-0.39, 0.29) is 0 Å². The maximum atomic E-state index is 4.18. The van der Waals surface area contributed by atoms with Gasteiger partial charge in [-0.2, -0.15) is 0 Å². The summed E-state index contributed by atoms with van der Waals surface area (Å²) in [6.45, 7) is 6.57. The largest absolute Gasteiger partial charge is 0.264 e. The van der Waals surface area contributed by atoms with Gasteiger partial charge in [0.15, 0.2) is 0 Å². The van der Waals surface area contributed by atoms with E-state index >= 15 is 0 Å². The van der Waals surface area contributed by atoms with Crippen LogP contribution in [-0.4, -0.2) is 4.98 Å². The first-order valence-corrected chi connectivity index (χ1v) is 4.33. The topological polar surface area (TPSA) is 12.9 Å². The van der Waals surface area contributed by atoms with Crippen molar-refractivity contribution in [2.45, 2.75) is 26.7 Å². The van der Waals surface area contributed by atoms with Gasteiger partial charge in [-0.3, -0.25) is 4.98 Å². The summed E-state index contributed by atoms with van der Waals surface area (Å²) < 4.78 is 0. The minimum absolute atomic E-state index is 0.586. The van der Waals surface area contributed by atoms with Crippen LogP contribution in [0, 0.1) is 6.92 Å². The first kappa shape index (κ1) is 7.53. The monoisotopic (exact) mass is 159 g/mol. The number of rotatable bonds is 0. The number of allylic oxidation sites excluding steroid dienone is 1. The van der Waals surface area contributed by atoms with Crippen LogP contribution in [0.3, 0.4) is 0 Å². The lowest BCUT2D eigenvalue weighted by molar-refractivity contribution is 0.905. The highest BCUT2D eigenvalue weighted by Crippen LogP contribution is 2.36. The molecule has 62 valence electrons. The third-order valence-corrected chi connectivity index (χ3v) is 2.72. The lowest BCUT2D eigenvalue weighted by Crippen LogP contribution is -1.94. The van der Waals surface area contributed by atoms with E-state index in [9.17, 15) is 0 Å². The summed E-state index contributed by atoms with van der Waals surface area (Å²) >= 11 is 0. The molecule has 0 radical (unpaired) electrons. The molecule has 0 fully saturated rings. The van der Waals surface area contributed by atoms with Gasteiger partial charge in [0, 0.05) is 18.3 Å². The maximum Gasteiger partial charge on any atom is 0.0343 e. The maximum absolute atomic E-state index is 4.18. The van der Waals surface area contributed by atoms with Crippen LogP contribution in [0.25, 0.3) is 6.08 Å². The molecule has 0 spiro atoms. The molecule has 0 N–H and O–H groups in total. The number of hydrogen-bond acceptors (Lipinski definition) is 1. The van der Waals surface area contributed by atoms with Gasteiger partial charge >= 0.3 is 0 Å². The Morgan fingerprint density at radius 1 is 1.25 bits per heavy atom. The molecule has 1 atom stereocenters. The fourth-order valence-electron chi connectivity index (χ4n) is 1.90. The summed E-state index contributed by atoms with van der Waals surface area (Å²) in [4.78, 5) is 4.18. The summed E-state index contributed by atoms with van der Waals surface area (Å²) in [6, 6.07) is 0. The van der Waals surface area contributed by atoms with Crippen molar-refractivity contribution in [2.24, 2.45) is 0 Å². The minimum Gasteiger partial charge on any atom is -0.264 e. The first-order valence-electron chi connectivity index (χ1n) is 4.33. The van der Waals surface area contributed by atoms with Crippen LogP contribution in [0.2, 0.25) is 0 Å². The molecule has 1 aromatic heterocycles. The van der Waals surface area contributed by atoms with Gasteiger partial charge in [0.05, 0.1) is 0 Å². The van der Waals surface area contributed by atoms with E-state index in [0.29, 0.717) is 5.92 Å². The molecule has 0 aromatic carbocycles. The summed E-state index contributed by atoms with van der Waals surface area (Å²) in [5.74, 6) is 0.586. The molecular weight excluding hydrogens is 146 g/mol. The van der Waals surface area contributed by atoms with E-state index in [1.54, 1.807) is 0 Å². The lowest BCUT2D eigenvalue weighted by Gasteiger charge is -2.09. The van der Waals surface area contributed by atoms with Gasteiger partial charge in [-0.05, 0) is 30.5 Å². The predicted octanol–water partition coefficient (Wildman–Crippen LogP) is 2.91. The molecule has 12 heavy (non-hydrogen) atoms. The summed E-state index contributed by atoms with van der Waals surface area (Å²) in [7, 11) is 0. The van der Waals surface area contributed by atoms with Gasteiger partial charge in [0.25, 0.3) is 0 Å². The zero-order valence-electron chi connectivity index (χ0n) is 7.76. The molecule has 1 unspecified atom stereocenters. The van der Waals surface area contributed by atoms with Crippen molar-refractivity contribution in [3.05, 3.63) is 34.7 Å². The van der Waals surface area contributed by atoms with Crippen molar-refractivity contribution < 1.29 is 0 Å². The first-order chi connectivity index (χ1) is 5.70. The average Bonchev–Trinajstić information content (AvgIpc) is 2.29. The van der Waals surface area contributed by atoms with Crippen LogP contribution in [0.1, 0.15) is 36.5 Å². The Balaban J connectivity index is 2.63. The van der Waals surface area contributed by atoms with Gasteiger partial charge in [-0.1, -0.05) is 18.6 Å². The average molecular weight is 159 g/mol. The predicted molar refractivity (Wildman–Crippen MR) is 51.0 cm³/mol. The van der Waals surface area contributed by atoms with Crippen LogP contribution in [0.5, 0.6) is 0 Å². The molecule has 0 aliphatic heterocycles. The molecule has 1 heterocycles. The van der Waals surface area contributed by atoms with E-state index < -0.39 is 0 Å². The van der Waals surface area contributed by atoms with E-state index in [1.165, 1.54) is 22.3 Å². The highest BCUT2D eigenvalue weighted by molar-refractivity contribution is 5.66. The van der Waals surface area contributed by atoms with Crippen molar-refractivity contribution >= 4 is 6.08 Å². The standard InChI is InChI=1S/C11H13N/c1-7-4-10-6-12-5-8(2)11(10)9(7)3/h4-6,9H,1-3H3. The van der Waals surface area contributed by atoms with Crippen LogP contribution in [0.15, 0.2) is 18.0 Å². The van der Waals surface area contributed by atoms with Crippen molar-refractivity contribution in [2.75, 3.05) is 0 Å². The van der Waals surface area contributed by atoms with Crippen molar-refractivity contribution in [1.29, 1.82) is 0 Å². The quantitative estimate of drug-likeness (QED) is 0.567. The molecule has 1 heteroatoms. The molecule has 2 rings (SSSR count). The van der Waals surface area contributed by atoms with Gasteiger partial charge in [0.1, 0.15) is 0 Å². The number of hydrogen-bond donors (Lipinski definition) is 0. The lowest BCUT2D eigenvalue weighted by atomic mass is 9.96. The van der Waals surface area contributed by atoms with E-state index in [4.69, 9.17) is 0 Å². The summed E-state index contributed by atoms with van der Waals surface area (Å²) in [5, 5.41) is 0. The molecule has 0 amide bonds.